The Labute approximate surface area is 227 Å². The van der Waals surface area contributed by atoms with Crippen LogP contribution in [0.1, 0.15) is 50.8 Å². The zero-order valence-corrected chi connectivity index (χ0v) is 22.0. The average Bonchev–Trinajstić information content (AvgIpc) is 3.11. The standard InChI is InChI=1S/C31H29ClN2O4/c1-3-15-37-16-17-38-28-10-6-9-26-24(28)14-12-20-11-13-22(32)19-27(20)34(26)23(4-2)18-21-7-5-8-25-29(21)31(36)33-30(25)35/h1,5-11,13,19,23H,4,12,14-18H2,2H3,(H,33,35,36). The number of hydrogen-bond donors (Lipinski definition) is 1. The van der Waals surface area contributed by atoms with Gasteiger partial charge < -0.3 is 14.4 Å². The molecule has 38 heavy (non-hydrogen) atoms. The van der Waals surface area contributed by atoms with E-state index in [1.54, 1.807) is 6.07 Å². The summed E-state index contributed by atoms with van der Waals surface area (Å²) < 4.78 is 11.5. The SMILES string of the molecule is C#CCOCCOc1cccc2c1CCc1ccc(Cl)cc1N2C(CC)Cc1cccc2c1C(=O)NC2=O. The minimum atomic E-state index is -0.342. The number of aryl methyl sites for hydroxylation is 1. The molecule has 3 aromatic rings. The summed E-state index contributed by atoms with van der Waals surface area (Å²) in [5.41, 5.74) is 6.16. The Morgan fingerprint density at radius 2 is 1.89 bits per heavy atom. The summed E-state index contributed by atoms with van der Waals surface area (Å²) in [6.07, 6.45) is 8.28. The molecular weight excluding hydrogens is 500 g/mol. The van der Waals surface area contributed by atoms with Crippen LogP contribution in [0.2, 0.25) is 5.02 Å². The van der Waals surface area contributed by atoms with Crippen LogP contribution in [-0.4, -0.2) is 37.7 Å². The molecule has 2 aliphatic rings. The summed E-state index contributed by atoms with van der Waals surface area (Å²) in [5, 5.41) is 3.10. The van der Waals surface area contributed by atoms with Gasteiger partial charge in [0.25, 0.3) is 11.8 Å². The molecule has 1 atom stereocenters. The van der Waals surface area contributed by atoms with E-state index >= 15 is 0 Å². The number of nitrogens with one attached hydrogen (secondary N) is 1. The number of hydrogen-bond acceptors (Lipinski definition) is 5. The van der Waals surface area contributed by atoms with Crippen molar-refractivity contribution in [2.45, 2.75) is 38.6 Å². The van der Waals surface area contributed by atoms with Crippen molar-refractivity contribution in [1.82, 2.24) is 5.32 Å². The first-order valence-corrected chi connectivity index (χ1v) is 13.2. The van der Waals surface area contributed by atoms with Crippen molar-refractivity contribution in [1.29, 1.82) is 0 Å². The van der Waals surface area contributed by atoms with Gasteiger partial charge in [-0.25, -0.2) is 0 Å². The average molecular weight is 529 g/mol. The molecule has 0 aromatic heterocycles. The number of benzene rings is 3. The van der Waals surface area contributed by atoms with Crippen LogP contribution in [0.15, 0.2) is 54.6 Å². The lowest BCUT2D eigenvalue weighted by molar-refractivity contribution is 0.0879. The number of rotatable bonds is 9. The fraction of sp³-hybridized carbons (Fsp3) is 0.290. The molecule has 2 aliphatic heterocycles. The van der Waals surface area contributed by atoms with Gasteiger partial charge in [-0.15, -0.1) is 6.42 Å². The second-order valence-electron chi connectivity index (χ2n) is 9.39. The Bertz CT molecular complexity index is 1430. The number of halogens is 1. The maximum Gasteiger partial charge on any atom is 0.259 e. The van der Waals surface area contributed by atoms with Crippen molar-refractivity contribution in [3.05, 3.63) is 87.4 Å². The van der Waals surface area contributed by atoms with Gasteiger partial charge in [0.1, 0.15) is 19.0 Å². The summed E-state index contributed by atoms with van der Waals surface area (Å²) >= 11 is 6.51. The van der Waals surface area contributed by atoms with Gasteiger partial charge in [-0.05, 0) is 67.1 Å². The minimum absolute atomic E-state index is 0.00622. The zero-order chi connectivity index (χ0) is 26.6. The van der Waals surface area contributed by atoms with Crippen LogP contribution < -0.4 is 15.0 Å². The molecule has 5 rings (SSSR count). The molecule has 1 unspecified atom stereocenters. The predicted molar refractivity (Wildman–Crippen MR) is 149 cm³/mol. The predicted octanol–water partition coefficient (Wildman–Crippen LogP) is 5.51. The summed E-state index contributed by atoms with van der Waals surface area (Å²) in [5.74, 6) is 2.60. The first kappa shape index (κ1) is 25.8. The van der Waals surface area contributed by atoms with Crippen molar-refractivity contribution in [3.63, 3.8) is 0 Å². The molecule has 0 bridgehead atoms. The summed E-state index contributed by atoms with van der Waals surface area (Å²) in [7, 11) is 0. The Morgan fingerprint density at radius 3 is 2.71 bits per heavy atom. The van der Waals surface area contributed by atoms with Gasteiger partial charge >= 0.3 is 0 Å². The molecular formula is C31H29ClN2O4. The van der Waals surface area contributed by atoms with E-state index in [0.717, 1.165) is 47.5 Å². The molecule has 0 saturated carbocycles. The van der Waals surface area contributed by atoms with E-state index in [4.69, 9.17) is 27.5 Å². The Balaban J connectivity index is 1.55. The van der Waals surface area contributed by atoms with Crippen molar-refractivity contribution in [3.8, 4) is 18.1 Å². The molecule has 0 radical (unpaired) electrons. The number of amides is 2. The van der Waals surface area contributed by atoms with Crippen LogP contribution in [0, 0.1) is 12.3 Å². The van der Waals surface area contributed by atoms with Gasteiger partial charge in [-0.1, -0.05) is 48.7 Å². The normalized spacial score (nSPS) is 14.6. The summed E-state index contributed by atoms with van der Waals surface area (Å²) in [6, 6.07) is 17.6. The van der Waals surface area contributed by atoms with Crippen molar-refractivity contribution < 1.29 is 19.1 Å². The molecule has 0 saturated heterocycles. The van der Waals surface area contributed by atoms with Crippen LogP contribution in [0.25, 0.3) is 0 Å². The second-order valence-corrected chi connectivity index (χ2v) is 9.83. The number of carbonyl (C=O) groups excluding carboxylic acids is 2. The lowest BCUT2D eigenvalue weighted by Crippen LogP contribution is -2.34. The van der Waals surface area contributed by atoms with E-state index in [0.29, 0.717) is 35.8 Å². The largest absolute Gasteiger partial charge is 0.491 e. The third-order valence-corrected chi connectivity index (χ3v) is 7.37. The maximum atomic E-state index is 12.6. The molecule has 3 aromatic carbocycles. The lowest BCUT2D eigenvalue weighted by Gasteiger charge is -2.35. The third kappa shape index (κ3) is 5.00. The molecule has 194 valence electrons. The number of carbonyl (C=O) groups is 2. The fourth-order valence-corrected chi connectivity index (χ4v) is 5.56. The molecule has 6 nitrogen and oxygen atoms in total. The Kier molecular flexibility index (Phi) is 7.69. The van der Waals surface area contributed by atoms with E-state index in [2.05, 4.69) is 35.2 Å². The topological polar surface area (TPSA) is 67.9 Å². The number of ether oxygens (including phenoxy) is 2. The highest BCUT2D eigenvalue weighted by Crippen LogP contribution is 2.43. The van der Waals surface area contributed by atoms with Gasteiger partial charge in [-0.3, -0.25) is 14.9 Å². The quantitative estimate of drug-likeness (QED) is 0.225. The van der Waals surface area contributed by atoms with Crippen molar-refractivity contribution >= 4 is 34.8 Å². The minimum Gasteiger partial charge on any atom is -0.491 e. The van der Waals surface area contributed by atoms with Crippen molar-refractivity contribution in [2.75, 3.05) is 24.7 Å². The second kappa shape index (κ2) is 11.3. The summed E-state index contributed by atoms with van der Waals surface area (Å²) in [6.45, 7) is 3.19. The highest BCUT2D eigenvalue weighted by atomic mass is 35.5. The number of terminal acetylenes is 1. The van der Waals surface area contributed by atoms with E-state index in [9.17, 15) is 9.59 Å². The molecule has 2 heterocycles. The Morgan fingerprint density at radius 1 is 1.05 bits per heavy atom. The molecule has 2 amide bonds. The smallest absolute Gasteiger partial charge is 0.259 e. The van der Waals surface area contributed by atoms with Gasteiger partial charge in [0.05, 0.1) is 17.7 Å². The zero-order valence-electron chi connectivity index (χ0n) is 21.3. The maximum absolute atomic E-state index is 12.6. The van der Waals surface area contributed by atoms with E-state index in [1.165, 1.54) is 5.56 Å². The first-order chi connectivity index (χ1) is 18.5. The van der Waals surface area contributed by atoms with Gasteiger partial charge in [0, 0.05) is 28.0 Å². The van der Waals surface area contributed by atoms with Crippen LogP contribution >= 0.6 is 11.6 Å². The number of fused-ring (bicyclic) bond motifs is 3. The molecule has 0 aliphatic carbocycles. The Hall–Kier alpha value is -3.79. The van der Waals surface area contributed by atoms with Crippen LogP contribution in [-0.2, 0) is 24.0 Å². The third-order valence-electron chi connectivity index (χ3n) is 7.13. The van der Waals surface area contributed by atoms with Gasteiger partial charge in [-0.2, -0.15) is 0 Å². The van der Waals surface area contributed by atoms with E-state index < -0.39 is 0 Å². The summed E-state index contributed by atoms with van der Waals surface area (Å²) in [4.78, 5) is 27.3. The van der Waals surface area contributed by atoms with Crippen LogP contribution in [0.5, 0.6) is 5.75 Å². The first-order valence-electron chi connectivity index (χ1n) is 12.8. The van der Waals surface area contributed by atoms with Gasteiger partial charge in [0.2, 0.25) is 0 Å². The monoisotopic (exact) mass is 528 g/mol. The molecule has 0 spiro atoms. The highest BCUT2D eigenvalue weighted by molar-refractivity contribution is 6.31. The van der Waals surface area contributed by atoms with E-state index in [-0.39, 0.29) is 24.5 Å². The highest BCUT2D eigenvalue weighted by Gasteiger charge is 2.33. The van der Waals surface area contributed by atoms with Gasteiger partial charge in [0.15, 0.2) is 0 Å². The van der Waals surface area contributed by atoms with Crippen LogP contribution in [0.3, 0.4) is 0 Å². The number of imide groups is 1. The van der Waals surface area contributed by atoms with Crippen LogP contribution in [0.4, 0.5) is 11.4 Å². The molecule has 7 heteroatoms. The fourth-order valence-electron chi connectivity index (χ4n) is 5.40. The molecule has 0 fully saturated rings. The number of nitrogens with zero attached hydrogens (tertiary/aromatic N) is 1. The molecule has 1 N–H and O–H groups in total. The lowest BCUT2D eigenvalue weighted by atomic mass is 9.94. The van der Waals surface area contributed by atoms with Crippen molar-refractivity contribution in [2.24, 2.45) is 0 Å². The number of anilines is 2. The van der Waals surface area contributed by atoms with E-state index in [1.807, 2.05) is 36.4 Å².